The third kappa shape index (κ3) is 3.55. The largest absolute Gasteiger partial charge is 0.378 e. The Morgan fingerprint density at radius 1 is 1.18 bits per heavy atom. The van der Waals surface area contributed by atoms with Crippen molar-refractivity contribution < 1.29 is 9.59 Å². The standard InChI is InChI=1S/C17H21N3O2/c1-12(21)14-9-16(20(4)11-14)17(22)18-10-13-5-7-15(8-6-13)19(2)3/h5-9,11H,10H2,1-4H3,(H,18,22). The average Bonchev–Trinajstić information content (AvgIpc) is 2.87. The van der Waals surface area contributed by atoms with Gasteiger partial charge in [-0.3, -0.25) is 9.59 Å². The first-order chi connectivity index (χ1) is 10.4. The normalized spacial score (nSPS) is 10.4. The van der Waals surface area contributed by atoms with Crippen molar-refractivity contribution in [3.63, 3.8) is 0 Å². The summed E-state index contributed by atoms with van der Waals surface area (Å²) in [6, 6.07) is 9.62. The molecule has 0 aliphatic carbocycles. The SMILES string of the molecule is CC(=O)c1cc(C(=O)NCc2ccc(N(C)C)cc2)n(C)c1. The average molecular weight is 299 g/mol. The molecule has 2 aromatic rings. The predicted octanol–water partition coefficient (Wildman–Crippen LogP) is 2.22. The lowest BCUT2D eigenvalue weighted by Gasteiger charge is -2.13. The van der Waals surface area contributed by atoms with Crippen molar-refractivity contribution in [2.24, 2.45) is 7.05 Å². The summed E-state index contributed by atoms with van der Waals surface area (Å²) < 4.78 is 1.67. The van der Waals surface area contributed by atoms with Gasteiger partial charge >= 0.3 is 0 Å². The number of carbonyl (C=O) groups is 2. The van der Waals surface area contributed by atoms with Crippen molar-refractivity contribution in [1.29, 1.82) is 0 Å². The number of aromatic nitrogens is 1. The molecule has 1 heterocycles. The monoisotopic (exact) mass is 299 g/mol. The number of amides is 1. The van der Waals surface area contributed by atoms with E-state index in [0.717, 1.165) is 11.3 Å². The van der Waals surface area contributed by atoms with Crippen LogP contribution in [0.25, 0.3) is 0 Å². The van der Waals surface area contributed by atoms with E-state index >= 15 is 0 Å². The van der Waals surface area contributed by atoms with E-state index in [1.54, 1.807) is 23.9 Å². The van der Waals surface area contributed by atoms with E-state index in [1.807, 2.05) is 43.3 Å². The van der Waals surface area contributed by atoms with Crippen LogP contribution in [0.4, 0.5) is 5.69 Å². The molecule has 22 heavy (non-hydrogen) atoms. The summed E-state index contributed by atoms with van der Waals surface area (Å²) in [7, 11) is 5.73. The Bertz CT molecular complexity index is 684. The molecule has 0 saturated carbocycles. The van der Waals surface area contributed by atoms with E-state index in [9.17, 15) is 9.59 Å². The number of nitrogens with one attached hydrogen (secondary N) is 1. The lowest BCUT2D eigenvalue weighted by Crippen LogP contribution is -2.24. The molecule has 0 unspecified atom stereocenters. The molecule has 1 aromatic carbocycles. The van der Waals surface area contributed by atoms with Gasteiger partial charge in [0.2, 0.25) is 0 Å². The molecule has 0 radical (unpaired) electrons. The fourth-order valence-corrected chi connectivity index (χ4v) is 2.17. The van der Waals surface area contributed by atoms with Crippen molar-refractivity contribution in [1.82, 2.24) is 9.88 Å². The zero-order valence-corrected chi connectivity index (χ0v) is 13.4. The quantitative estimate of drug-likeness (QED) is 0.861. The number of carbonyl (C=O) groups excluding carboxylic acids is 2. The molecule has 0 saturated heterocycles. The number of rotatable bonds is 5. The van der Waals surface area contributed by atoms with Crippen molar-refractivity contribution in [2.75, 3.05) is 19.0 Å². The number of nitrogens with zero attached hydrogens (tertiary/aromatic N) is 2. The maximum atomic E-state index is 12.2. The summed E-state index contributed by atoms with van der Waals surface area (Å²) in [5.41, 5.74) is 3.17. The third-order valence-corrected chi connectivity index (χ3v) is 3.55. The minimum atomic E-state index is -0.188. The molecular weight excluding hydrogens is 278 g/mol. The van der Waals surface area contributed by atoms with Gasteiger partial charge in [-0.05, 0) is 30.7 Å². The predicted molar refractivity (Wildman–Crippen MR) is 87.4 cm³/mol. The van der Waals surface area contributed by atoms with Crippen molar-refractivity contribution in [3.05, 3.63) is 53.3 Å². The molecule has 0 aliphatic heterocycles. The fourth-order valence-electron chi connectivity index (χ4n) is 2.17. The molecule has 5 nitrogen and oxygen atoms in total. The Kier molecular flexibility index (Phi) is 4.65. The van der Waals surface area contributed by atoms with Crippen LogP contribution in [-0.2, 0) is 13.6 Å². The second-order valence-electron chi connectivity index (χ2n) is 5.52. The topological polar surface area (TPSA) is 54.3 Å². The number of benzene rings is 1. The minimum Gasteiger partial charge on any atom is -0.378 e. The maximum Gasteiger partial charge on any atom is 0.268 e. The molecule has 0 aliphatic rings. The first kappa shape index (κ1) is 15.8. The highest BCUT2D eigenvalue weighted by atomic mass is 16.2. The molecule has 2 rings (SSSR count). The zero-order valence-electron chi connectivity index (χ0n) is 13.4. The Morgan fingerprint density at radius 3 is 2.32 bits per heavy atom. The van der Waals surface area contributed by atoms with Crippen LogP contribution in [-0.4, -0.2) is 30.4 Å². The van der Waals surface area contributed by atoms with Gasteiger partial charge < -0.3 is 14.8 Å². The second kappa shape index (κ2) is 6.47. The molecular formula is C17H21N3O2. The molecule has 1 N–H and O–H groups in total. The summed E-state index contributed by atoms with van der Waals surface area (Å²) in [4.78, 5) is 25.6. The van der Waals surface area contributed by atoms with Crippen LogP contribution in [0.3, 0.4) is 0 Å². The highest BCUT2D eigenvalue weighted by Crippen LogP contribution is 2.12. The van der Waals surface area contributed by atoms with Gasteiger partial charge in [0.1, 0.15) is 5.69 Å². The third-order valence-electron chi connectivity index (χ3n) is 3.55. The number of Topliss-reactive ketones (excluding diaryl/α,β-unsaturated/α-hetero) is 1. The second-order valence-corrected chi connectivity index (χ2v) is 5.52. The van der Waals surface area contributed by atoms with Gasteiger partial charge in [0.05, 0.1) is 0 Å². The summed E-state index contributed by atoms with van der Waals surface area (Å²) in [5, 5.41) is 2.87. The Balaban J connectivity index is 2.02. The number of hydrogen-bond acceptors (Lipinski definition) is 3. The summed E-state index contributed by atoms with van der Waals surface area (Å²) in [5.74, 6) is -0.236. The number of aryl methyl sites for hydroxylation is 1. The van der Waals surface area contributed by atoms with E-state index in [4.69, 9.17) is 0 Å². The van der Waals surface area contributed by atoms with Crippen molar-refractivity contribution in [3.8, 4) is 0 Å². The number of hydrogen-bond donors (Lipinski definition) is 1. The van der Waals surface area contributed by atoms with Crippen molar-refractivity contribution >= 4 is 17.4 Å². The van der Waals surface area contributed by atoms with E-state index < -0.39 is 0 Å². The molecule has 116 valence electrons. The lowest BCUT2D eigenvalue weighted by atomic mass is 10.2. The van der Waals surface area contributed by atoms with Crippen LogP contribution >= 0.6 is 0 Å². The summed E-state index contributed by atoms with van der Waals surface area (Å²) in [6.07, 6.45) is 1.67. The van der Waals surface area contributed by atoms with Crippen LogP contribution in [0.5, 0.6) is 0 Å². The van der Waals surface area contributed by atoms with Gasteiger partial charge in [-0.1, -0.05) is 12.1 Å². The summed E-state index contributed by atoms with van der Waals surface area (Å²) in [6.45, 7) is 1.94. The molecule has 0 bridgehead atoms. The van der Waals surface area contributed by atoms with Gasteiger partial charge in [-0.15, -0.1) is 0 Å². The Labute approximate surface area is 130 Å². The first-order valence-corrected chi connectivity index (χ1v) is 7.10. The highest BCUT2D eigenvalue weighted by molar-refractivity contribution is 5.99. The van der Waals surface area contributed by atoms with Crippen LogP contribution in [0, 0.1) is 0 Å². The molecule has 1 aromatic heterocycles. The van der Waals surface area contributed by atoms with Gasteiger partial charge in [-0.2, -0.15) is 0 Å². The van der Waals surface area contributed by atoms with Gasteiger partial charge in [-0.25, -0.2) is 0 Å². The van der Waals surface area contributed by atoms with Crippen LogP contribution in [0.1, 0.15) is 33.3 Å². The number of ketones is 1. The molecule has 0 fully saturated rings. The molecule has 1 amide bonds. The van der Waals surface area contributed by atoms with Gasteiger partial charge in [0.15, 0.2) is 5.78 Å². The fraction of sp³-hybridized carbons (Fsp3) is 0.294. The zero-order chi connectivity index (χ0) is 16.3. The number of anilines is 1. The van der Waals surface area contributed by atoms with Gasteiger partial charge in [0.25, 0.3) is 5.91 Å². The van der Waals surface area contributed by atoms with Crippen molar-refractivity contribution in [2.45, 2.75) is 13.5 Å². The molecule has 5 heteroatoms. The highest BCUT2D eigenvalue weighted by Gasteiger charge is 2.13. The first-order valence-electron chi connectivity index (χ1n) is 7.10. The lowest BCUT2D eigenvalue weighted by molar-refractivity contribution is 0.0942. The van der Waals surface area contributed by atoms with E-state index in [1.165, 1.54) is 6.92 Å². The van der Waals surface area contributed by atoms with Crippen LogP contribution in [0.2, 0.25) is 0 Å². The molecule has 0 spiro atoms. The van der Waals surface area contributed by atoms with E-state index in [-0.39, 0.29) is 11.7 Å². The van der Waals surface area contributed by atoms with Crippen LogP contribution < -0.4 is 10.2 Å². The van der Waals surface area contributed by atoms with Gasteiger partial charge in [0, 0.05) is 45.1 Å². The minimum absolute atomic E-state index is 0.0473. The van der Waals surface area contributed by atoms with Crippen LogP contribution in [0.15, 0.2) is 36.5 Å². The Morgan fingerprint density at radius 2 is 1.82 bits per heavy atom. The van der Waals surface area contributed by atoms with E-state index in [0.29, 0.717) is 17.8 Å². The maximum absolute atomic E-state index is 12.2. The summed E-state index contributed by atoms with van der Waals surface area (Å²) >= 11 is 0. The smallest absolute Gasteiger partial charge is 0.268 e. The Hall–Kier alpha value is -2.56. The molecule has 0 atom stereocenters. The van der Waals surface area contributed by atoms with E-state index in [2.05, 4.69) is 5.32 Å².